The van der Waals surface area contributed by atoms with Crippen LogP contribution in [0.25, 0.3) is 60.7 Å². The van der Waals surface area contributed by atoms with E-state index in [-0.39, 0.29) is 6.85 Å². The van der Waals surface area contributed by atoms with E-state index < -0.39 is 0 Å². The van der Waals surface area contributed by atoms with Crippen LogP contribution in [0, 0.1) is 0 Å². The zero-order valence-corrected chi connectivity index (χ0v) is 28.2. The van der Waals surface area contributed by atoms with E-state index in [9.17, 15) is 0 Å². The van der Waals surface area contributed by atoms with Gasteiger partial charge < -0.3 is 13.9 Å². The SMILES string of the molecule is C=C1c2cc3c(ccn3-c3ccccc3)c3c2B(c2cc4ccccc4cc2N3c2ccc3ccccc3c2)n2c1c(/C=C\C)c1ccccc12. The fourth-order valence-electron chi connectivity index (χ4n) is 8.98. The van der Waals surface area contributed by atoms with Gasteiger partial charge >= 0.3 is 6.85 Å². The lowest BCUT2D eigenvalue weighted by atomic mass is 9.44. The number of rotatable bonds is 3. The number of hydrogen-bond donors (Lipinski definition) is 0. The first-order valence-electron chi connectivity index (χ1n) is 17.7. The maximum atomic E-state index is 4.92. The summed E-state index contributed by atoms with van der Waals surface area (Å²) in [4.78, 5) is 2.54. The van der Waals surface area contributed by atoms with Crippen LogP contribution in [0.5, 0.6) is 0 Å². The Morgan fingerprint density at radius 2 is 1.31 bits per heavy atom. The van der Waals surface area contributed by atoms with Gasteiger partial charge in [-0.1, -0.05) is 116 Å². The minimum absolute atomic E-state index is 0.0554. The van der Waals surface area contributed by atoms with Gasteiger partial charge in [0.05, 0.1) is 11.2 Å². The van der Waals surface area contributed by atoms with E-state index in [2.05, 4.69) is 185 Å². The first-order chi connectivity index (χ1) is 25.2. The quantitative estimate of drug-likeness (QED) is 0.174. The summed E-state index contributed by atoms with van der Waals surface area (Å²) < 4.78 is 4.92. The van der Waals surface area contributed by atoms with Crippen molar-refractivity contribution in [3.63, 3.8) is 0 Å². The second kappa shape index (κ2) is 10.5. The molecule has 0 saturated heterocycles. The lowest BCUT2D eigenvalue weighted by Crippen LogP contribution is -2.58. The number of hydrogen-bond acceptors (Lipinski definition) is 1. The van der Waals surface area contributed by atoms with Crippen LogP contribution in [0.15, 0.2) is 164 Å². The van der Waals surface area contributed by atoms with Crippen LogP contribution < -0.4 is 15.8 Å². The van der Waals surface area contributed by atoms with Gasteiger partial charge in [-0.3, -0.25) is 0 Å². The van der Waals surface area contributed by atoms with Crippen LogP contribution in [0.3, 0.4) is 0 Å². The minimum atomic E-state index is -0.0554. The predicted octanol–water partition coefficient (Wildman–Crippen LogP) is 10.7. The van der Waals surface area contributed by atoms with Crippen molar-refractivity contribution >= 4 is 89.8 Å². The second-order valence-corrected chi connectivity index (χ2v) is 13.8. The number of fused-ring (bicyclic) bond motifs is 10. The molecule has 0 spiro atoms. The summed E-state index contributed by atoms with van der Waals surface area (Å²) in [5, 5.41) is 7.40. The Hall–Kier alpha value is -6.52. The summed E-state index contributed by atoms with van der Waals surface area (Å²) in [7, 11) is 0. The molecule has 4 heteroatoms. The Morgan fingerprint density at radius 3 is 2.12 bits per heavy atom. The van der Waals surface area contributed by atoms with Gasteiger partial charge in [-0.05, 0) is 99.1 Å². The number of benzene rings is 7. The van der Waals surface area contributed by atoms with Crippen LogP contribution in [-0.4, -0.2) is 15.9 Å². The average Bonchev–Trinajstić information content (AvgIpc) is 3.75. The van der Waals surface area contributed by atoms with Crippen molar-refractivity contribution in [2.45, 2.75) is 6.92 Å². The molecule has 0 bridgehead atoms. The van der Waals surface area contributed by atoms with E-state index >= 15 is 0 Å². The van der Waals surface area contributed by atoms with E-state index in [1.54, 1.807) is 0 Å². The maximum absolute atomic E-state index is 4.92. The number of allylic oxidation sites excluding steroid dienone is 1. The lowest BCUT2D eigenvalue weighted by molar-refractivity contribution is 1.13. The molecular weight excluding hydrogens is 617 g/mol. The van der Waals surface area contributed by atoms with Crippen molar-refractivity contribution in [3.8, 4) is 5.69 Å². The lowest BCUT2D eigenvalue weighted by Gasteiger charge is -2.42. The third kappa shape index (κ3) is 3.85. The van der Waals surface area contributed by atoms with Gasteiger partial charge in [0.25, 0.3) is 0 Å². The molecule has 0 radical (unpaired) electrons. The fourth-order valence-corrected chi connectivity index (χ4v) is 8.98. The minimum Gasteiger partial charge on any atom is -0.375 e. The van der Waals surface area contributed by atoms with Gasteiger partial charge in [0, 0.05) is 50.8 Å². The number of aromatic nitrogens is 2. The monoisotopic (exact) mass is 649 g/mol. The van der Waals surface area contributed by atoms with Crippen molar-refractivity contribution in [1.82, 2.24) is 9.05 Å². The van der Waals surface area contributed by atoms with Gasteiger partial charge in [-0.15, -0.1) is 0 Å². The smallest absolute Gasteiger partial charge is 0.333 e. The molecule has 3 nitrogen and oxygen atoms in total. The molecule has 0 unspecified atom stereocenters. The van der Waals surface area contributed by atoms with Crippen LogP contribution in [0.1, 0.15) is 23.7 Å². The third-order valence-electron chi connectivity index (χ3n) is 11.1. The first-order valence-corrected chi connectivity index (χ1v) is 17.7. The third-order valence-corrected chi connectivity index (χ3v) is 11.1. The summed E-state index contributed by atoms with van der Waals surface area (Å²) in [6, 6.07) is 53.5. The van der Waals surface area contributed by atoms with Crippen molar-refractivity contribution in [3.05, 3.63) is 181 Å². The van der Waals surface area contributed by atoms with E-state index in [1.165, 1.54) is 82.5 Å². The summed E-state index contributed by atoms with van der Waals surface area (Å²) >= 11 is 0. The molecule has 0 saturated carbocycles. The number of nitrogens with zero attached hydrogens (tertiary/aromatic N) is 3. The molecule has 0 N–H and O–H groups in total. The van der Waals surface area contributed by atoms with Gasteiger partial charge in [0.1, 0.15) is 0 Å². The van der Waals surface area contributed by atoms with E-state index in [1.807, 2.05) is 0 Å². The van der Waals surface area contributed by atoms with Crippen LogP contribution >= 0.6 is 0 Å². The molecule has 7 aromatic carbocycles. The first kappa shape index (κ1) is 28.3. The van der Waals surface area contributed by atoms with Crippen LogP contribution in [-0.2, 0) is 0 Å². The standard InChI is InChI=1S/C47H32BN3/c1-3-13-38-37-20-11-12-21-42(37)51-46(38)30(2)40-29-43-39(24-25-49(43)35-18-5-4-6-19-35)47-45(40)48(51)41-27-33-16-9-10-17-34(33)28-44(41)50(47)36-23-22-31-14-7-8-15-32(31)26-36/h3-29H,2H2,1H3/b13-3-. The Morgan fingerprint density at radius 1 is 0.608 bits per heavy atom. The molecule has 9 aromatic rings. The number of para-hydroxylation sites is 2. The Kier molecular flexibility index (Phi) is 5.83. The molecule has 0 aliphatic carbocycles. The van der Waals surface area contributed by atoms with Gasteiger partial charge in [-0.2, -0.15) is 0 Å². The van der Waals surface area contributed by atoms with E-state index in [4.69, 9.17) is 6.58 Å². The van der Waals surface area contributed by atoms with Crippen molar-refractivity contribution in [2.24, 2.45) is 0 Å². The van der Waals surface area contributed by atoms with E-state index in [0.717, 1.165) is 16.9 Å². The predicted molar refractivity (Wildman–Crippen MR) is 218 cm³/mol. The van der Waals surface area contributed by atoms with E-state index in [0.29, 0.717) is 0 Å². The van der Waals surface area contributed by atoms with Crippen molar-refractivity contribution in [2.75, 3.05) is 4.90 Å². The molecule has 2 aromatic heterocycles. The Balaban J connectivity index is 1.34. The molecule has 2 aliphatic rings. The average molecular weight is 650 g/mol. The molecule has 0 fully saturated rings. The van der Waals surface area contributed by atoms with Gasteiger partial charge in [-0.25, -0.2) is 0 Å². The highest BCUT2D eigenvalue weighted by Gasteiger charge is 2.45. The van der Waals surface area contributed by atoms with Crippen molar-refractivity contribution < 1.29 is 0 Å². The summed E-state index contributed by atoms with van der Waals surface area (Å²) in [5.41, 5.74) is 14.4. The topological polar surface area (TPSA) is 13.1 Å². The normalized spacial score (nSPS) is 13.5. The molecule has 11 rings (SSSR count). The van der Waals surface area contributed by atoms with Gasteiger partial charge in [0.15, 0.2) is 0 Å². The molecule has 4 heterocycles. The summed E-state index contributed by atoms with van der Waals surface area (Å²) in [5.74, 6) is 0. The van der Waals surface area contributed by atoms with Crippen molar-refractivity contribution in [1.29, 1.82) is 0 Å². The zero-order chi connectivity index (χ0) is 33.8. The Bertz CT molecular complexity index is 2960. The Labute approximate surface area is 296 Å². The molecule has 2 aliphatic heterocycles. The summed E-state index contributed by atoms with van der Waals surface area (Å²) in [6.45, 7) is 6.98. The highest BCUT2D eigenvalue weighted by atomic mass is 15.2. The molecular formula is C47H32BN3. The van der Waals surface area contributed by atoms with Crippen LogP contribution in [0.4, 0.5) is 17.1 Å². The van der Waals surface area contributed by atoms with Crippen LogP contribution in [0.2, 0.25) is 0 Å². The highest BCUT2D eigenvalue weighted by molar-refractivity contribution is 6.89. The largest absolute Gasteiger partial charge is 0.375 e. The maximum Gasteiger partial charge on any atom is 0.333 e. The molecule has 0 atom stereocenters. The highest BCUT2D eigenvalue weighted by Crippen LogP contribution is 2.48. The number of anilines is 3. The molecule has 238 valence electrons. The van der Waals surface area contributed by atoms with Gasteiger partial charge in [0.2, 0.25) is 0 Å². The molecule has 0 amide bonds. The fraction of sp³-hybridized carbons (Fsp3) is 0.0213. The second-order valence-electron chi connectivity index (χ2n) is 13.8. The molecule has 51 heavy (non-hydrogen) atoms. The zero-order valence-electron chi connectivity index (χ0n) is 28.2. The summed E-state index contributed by atoms with van der Waals surface area (Å²) in [6.07, 6.45) is 6.65.